The van der Waals surface area contributed by atoms with Crippen molar-refractivity contribution in [1.29, 1.82) is 0 Å². The maximum absolute atomic E-state index is 13.4. The number of hydrogen-bond acceptors (Lipinski definition) is 7. The van der Waals surface area contributed by atoms with Crippen molar-refractivity contribution >= 4 is 27.3 Å². The van der Waals surface area contributed by atoms with E-state index in [1.807, 2.05) is 31.2 Å². The van der Waals surface area contributed by atoms with E-state index in [4.69, 9.17) is 10.5 Å². The normalized spacial score (nSPS) is 14.7. The van der Waals surface area contributed by atoms with Crippen LogP contribution >= 0.6 is 0 Å². The van der Waals surface area contributed by atoms with E-state index < -0.39 is 10.0 Å². The standard InChI is InChI=1S/C30H32FN5O3S/c1-20-3-4-23(18-29(20)39-2)28-11-14-33-30(35-28)34-25-7-9-26(10-8-25)40(37,38)36-15-12-21(13-16-36)17-22-5-6-24(31)19-27(22)32/h3-11,14,18-19,21H,12-13,15-17,32H2,1-2H3,(H,33,34,35). The van der Waals surface area contributed by atoms with Crippen LogP contribution in [0.2, 0.25) is 0 Å². The third-order valence-corrected chi connectivity index (χ3v) is 9.21. The number of aryl methyl sites for hydroxylation is 1. The molecular weight excluding hydrogens is 529 g/mol. The maximum Gasteiger partial charge on any atom is 0.243 e. The van der Waals surface area contributed by atoms with Gasteiger partial charge in [0, 0.05) is 36.2 Å². The minimum Gasteiger partial charge on any atom is -0.496 e. The summed E-state index contributed by atoms with van der Waals surface area (Å²) in [6, 6.07) is 18.8. The Morgan fingerprint density at radius 2 is 1.80 bits per heavy atom. The Kier molecular flexibility index (Phi) is 7.99. The van der Waals surface area contributed by atoms with E-state index in [2.05, 4.69) is 15.3 Å². The Balaban J connectivity index is 1.22. The summed E-state index contributed by atoms with van der Waals surface area (Å²) in [6.45, 7) is 2.84. The number of sulfonamides is 1. The molecular formula is C30H32FN5O3S. The van der Waals surface area contributed by atoms with Crippen LogP contribution in [-0.4, -0.2) is 42.9 Å². The van der Waals surface area contributed by atoms with Crippen molar-refractivity contribution in [2.24, 2.45) is 5.92 Å². The highest BCUT2D eigenvalue weighted by Gasteiger charge is 2.29. The molecule has 0 unspecified atom stereocenters. The third kappa shape index (κ3) is 6.08. The fraction of sp³-hybridized carbons (Fsp3) is 0.267. The average molecular weight is 562 g/mol. The minimum absolute atomic E-state index is 0.237. The SMILES string of the molecule is COc1cc(-c2ccnc(Nc3ccc(S(=O)(=O)N4CCC(Cc5ccc(F)cc5N)CC4)cc3)n2)ccc1C. The van der Waals surface area contributed by atoms with Gasteiger partial charge in [0.15, 0.2) is 0 Å². The predicted molar refractivity (Wildman–Crippen MR) is 154 cm³/mol. The van der Waals surface area contributed by atoms with Gasteiger partial charge in [0.2, 0.25) is 16.0 Å². The lowest BCUT2D eigenvalue weighted by Crippen LogP contribution is -2.38. The van der Waals surface area contributed by atoms with Crippen LogP contribution in [-0.2, 0) is 16.4 Å². The first-order chi connectivity index (χ1) is 19.2. The zero-order valence-corrected chi connectivity index (χ0v) is 23.3. The fourth-order valence-corrected chi connectivity index (χ4v) is 6.43. The molecule has 0 amide bonds. The van der Waals surface area contributed by atoms with Gasteiger partial charge in [-0.2, -0.15) is 4.31 Å². The molecule has 4 aromatic rings. The van der Waals surface area contributed by atoms with Crippen molar-refractivity contribution in [2.45, 2.75) is 31.1 Å². The van der Waals surface area contributed by atoms with Crippen LogP contribution < -0.4 is 15.8 Å². The fourth-order valence-electron chi connectivity index (χ4n) is 4.96. The summed E-state index contributed by atoms with van der Waals surface area (Å²) in [7, 11) is -1.99. The summed E-state index contributed by atoms with van der Waals surface area (Å²) in [5.74, 6) is 1.12. The number of nitrogens with two attached hydrogens (primary N) is 1. The largest absolute Gasteiger partial charge is 0.496 e. The van der Waals surface area contributed by atoms with E-state index in [0.717, 1.165) is 41.0 Å². The molecule has 0 aliphatic carbocycles. The van der Waals surface area contributed by atoms with Crippen LogP contribution in [0.25, 0.3) is 11.3 Å². The van der Waals surface area contributed by atoms with Gasteiger partial charge in [-0.25, -0.2) is 22.8 Å². The van der Waals surface area contributed by atoms with Crippen molar-refractivity contribution in [3.05, 3.63) is 89.9 Å². The molecule has 0 atom stereocenters. The summed E-state index contributed by atoms with van der Waals surface area (Å²) in [6.07, 6.45) is 3.82. The van der Waals surface area contributed by atoms with Gasteiger partial charge in [-0.15, -0.1) is 0 Å². The number of rotatable bonds is 8. The molecule has 1 aliphatic heterocycles. The first-order valence-electron chi connectivity index (χ1n) is 13.1. The average Bonchev–Trinajstić information content (AvgIpc) is 2.95. The first kappa shape index (κ1) is 27.5. The molecule has 3 N–H and O–H groups in total. The van der Waals surface area contributed by atoms with Crippen LogP contribution in [0.4, 0.5) is 21.7 Å². The Labute approximate surface area is 234 Å². The zero-order chi connectivity index (χ0) is 28.3. The maximum atomic E-state index is 13.4. The Bertz CT molecular complexity index is 1600. The lowest BCUT2D eigenvalue weighted by atomic mass is 9.90. The van der Waals surface area contributed by atoms with E-state index in [0.29, 0.717) is 42.8 Å². The van der Waals surface area contributed by atoms with Gasteiger partial charge in [-0.05, 0) is 91.8 Å². The summed E-state index contributed by atoms with van der Waals surface area (Å²) < 4.78 is 46.9. The molecule has 1 aromatic heterocycles. The lowest BCUT2D eigenvalue weighted by molar-refractivity contribution is 0.273. The minimum atomic E-state index is -3.63. The van der Waals surface area contributed by atoms with Crippen LogP contribution in [0.15, 0.2) is 77.8 Å². The number of ether oxygens (including phenoxy) is 1. The van der Waals surface area contributed by atoms with Gasteiger partial charge in [-0.3, -0.25) is 0 Å². The van der Waals surface area contributed by atoms with Gasteiger partial charge in [0.1, 0.15) is 11.6 Å². The summed E-state index contributed by atoms with van der Waals surface area (Å²) in [5.41, 5.74) is 10.6. The second kappa shape index (κ2) is 11.6. The third-order valence-electron chi connectivity index (χ3n) is 7.30. The molecule has 1 saturated heterocycles. The quantitative estimate of drug-likeness (QED) is 0.271. The molecule has 0 bridgehead atoms. The van der Waals surface area contributed by atoms with Crippen LogP contribution in [0, 0.1) is 18.7 Å². The number of methoxy groups -OCH3 is 1. The molecule has 2 heterocycles. The number of hydrogen-bond donors (Lipinski definition) is 2. The molecule has 0 saturated carbocycles. The summed E-state index contributed by atoms with van der Waals surface area (Å²) in [4.78, 5) is 9.15. The molecule has 10 heteroatoms. The van der Waals surface area contributed by atoms with Gasteiger partial charge >= 0.3 is 0 Å². The van der Waals surface area contributed by atoms with E-state index in [-0.39, 0.29) is 10.7 Å². The van der Waals surface area contributed by atoms with Crippen molar-refractivity contribution in [3.63, 3.8) is 0 Å². The van der Waals surface area contributed by atoms with E-state index in [1.165, 1.54) is 16.4 Å². The Morgan fingerprint density at radius 3 is 2.50 bits per heavy atom. The molecule has 40 heavy (non-hydrogen) atoms. The smallest absolute Gasteiger partial charge is 0.243 e. The molecule has 0 radical (unpaired) electrons. The number of nitrogens with zero attached hydrogens (tertiary/aromatic N) is 3. The van der Waals surface area contributed by atoms with Crippen molar-refractivity contribution in [3.8, 4) is 17.0 Å². The summed E-state index contributed by atoms with van der Waals surface area (Å²) >= 11 is 0. The Hall–Kier alpha value is -4.02. The molecule has 1 aliphatic rings. The molecule has 0 spiro atoms. The van der Waals surface area contributed by atoms with E-state index >= 15 is 0 Å². The highest BCUT2D eigenvalue weighted by Crippen LogP contribution is 2.29. The molecule has 1 fully saturated rings. The van der Waals surface area contributed by atoms with E-state index in [1.54, 1.807) is 43.6 Å². The number of benzene rings is 3. The highest BCUT2D eigenvalue weighted by atomic mass is 32.2. The second-order valence-corrected chi connectivity index (χ2v) is 11.9. The number of nitrogen functional groups attached to an aromatic ring is 1. The molecule has 8 nitrogen and oxygen atoms in total. The van der Waals surface area contributed by atoms with Crippen molar-refractivity contribution in [2.75, 3.05) is 31.2 Å². The lowest BCUT2D eigenvalue weighted by Gasteiger charge is -2.31. The number of halogens is 1. The van der Waals surface area contributed by atoms with Gasteiger partial charge in [-0.1, -0.05) is 18.2 Å². The second-order valence-electron chi connectivity index (χ2n) is 9.99. The zero-order valence-electron chi connectivity index (χ0n) is 22.5. The topological polar surface area (TPSA) is 110 Å². The van der Waals surface area contributed by atoms with Gasteiger partial charge in [0.05, 0.1) is 17.7 Å². The molecule has 208 valence electrons. The van der Waals surface area contributed by atoms with Crippen molar-refractivity contribution < 1.29 is 17.5 Å². The van der Waals surface area contributed by atoms with Crippen LogP contribution in [0.3, 0.4) is 0 Å². The Morgan fingerprint density at radius 1 is 1.05 bits per heavy atom. The number of aromatic nitrogens is 2. The van der Waals surface area contributed by atoms with Crippen LogP contribution in [0.1, 0.15) is 24.0 Å². The number of anilines is 3. The predicted octanol–water partition coefficient (Wildman–Crippen LogP) is 5.57. The molecule has 5 rings (SSSR count). The first-order valence-corrected chi connectivity index (χ1v) is 14.6. The monoisotopic (exact) mass is 561 g/mol. The van der Waals surface area contributed by atoms with Gasteiger partial charge < -0.3 is 15.8 Å². The summed E-state index contributed by atoms with van der Waals surface area (Å²) in [5, 5.41) is 3.15. The van der Waals surface area contributed by atoms with Gasteiger partial charge in [0.25, 0.3) is 0 Å². The number of piperidine rings is 1. The van der Waals surface area contributed by atoms with E-state index in [9.17, 15) is 12.8 Å². The number of nitrogens with one attached hydrogen (secondary N) is 1. The van der Waals surface area contributed by atoms with Crippen molar-refractivity contribution in [1.82, 2.24) is 14.3 Å². The molecule has 3 aromatic carbocycles. The van der Waals surface area contributed by atoms with Crippen LogP contribution in [0.5, 0.6) is 5.75 Å². The highest BCUT2D eigenvalue weighted by molar-refractivity contribution is 7.89.